The predicted octanol–water partition coefficient (Wildman–Crippen LogP) is 7.93. The fraction of sp³-hybridized carbons (Fsp3) is 0.667. The molecular weight excluding hydrogens is 345 g/mol. The van der Waals surface area contributed by atoms with Crippen molar-refractivity contribution in [3.05, 3.63) is 47.8 Å². The highest BCUT2D eigenvalue weighted by Crippen LogP contribution is 2.44. The predicted molar refractivity (Wildman–Crippen MR) is 105 cm³/mol. The number of rotatable bonds is 7. The number of benzene rings is 1. The van der Waals surface area contributed by atoms with Crippen LogP contribution < -0.4 is 0 Å². The summed E-state index contributed by atoms with van der Waals surface area (Å²) in [5.41, 5.74) is 0.632. The molecule has 3 rings (SSSR count). The molecule has 0 aromatic heterocycles. The lowest BCUT2D eigenvalue weighted by Gasteiger charge is -2.38. The maximum atomic E-state index is 13.5. The smallest absolute Gasteiger partial charge is 0.194 e. The van der Waals surface area contributed by atoms with E-state index in [2.05, 4.69) is 6.58 Å². The zero-order valence-electron chi connectivity index (χ0n) is 16.4. The third kappa shape index (κ3) is 5.39. The van der Waals surface area contributed by atoms with Crippen molar-refractivity contribution in [1.82, 2.24) is 0 Å². The van der Waals surface area contributed by atoms with Gasteiger partial charge in [-0.1, -0.05) is 31.8 Å². The maximum absolute atomic E-state index is 13.5. The van der Waals surface area contributed by atoms with Gasteiger partial charge in [0.25, 0.3) is 0 Å². The normalized spacial score (nSPS) is 28.9. The second-order valence-electron chi connectivity index (χ2n) is 8.76. The first-order chi connectivity index (χ1) is 13.1. The van der Waals surface area contributed by atoms with Crippen molar-refractivity contribution in [2.24, 2.45) is 17.8 Å². The van der Waals surface area contributed by atoms with Gasteiger partial charge in [0, 0.05) is 0 Å². The van der Waals surface area contributed by atoms with Crippen LogP contribution in [0.15, 0.2) is 24.8 Å². The van der Waals surface area contributed by atoms with E-state index < -0.39 is 17.5 Å². The van der Waals surface area contributed by atoms with Crippen molar-refractivity contribution >= 4 is 0 Å². The molecule has 0 radical (unpaired) electrons. The fourth-order valence-corrected chi connectivity index (χ4v) is 5.40. The van der Waals surface area contributed by atoms with Crippen LogP contribution in [-0.2, 0) is 0 Å². The number of allylic oxidation sites excluding steroid dienone is 1. The van der Waals surface area contributed by atoms with E-state index in [1.807, 2.05) is 6.08 Å². The highest BCUT2D eigenvalue weighted by Gasteiger charge is 2.31. The molecule has 0 unspecified atom stereocenters. The molecule has 1 aromatic rings. The highest BCUT2D eigenvalue weighted by atomic mass is 19.2. The third-order valence-corrected chi connectivity index (χ3v) is 7.08. The molecule has 1 aromatic carbocycles. The van der Waals surface area contributed by atoms with Crippen LogP contribution in [0.4, 0.5) is 13.2 Å². The summed E-state index contributed by atoms with van der Waals surface area (Å²) in [6.45, 7) is 3.79. The van der Waals surface area contributed by atoms with Gasteiger partial charge in [0.1, 0.15) is 0 Å². The van der Waals surface area contributed by atoms with Crippen LogP contribution in [-0.4, -0.2) is 0 Å². The lowest BCUT2D eigenvalue weighted by Crippen LogP contribution is -2.25. The first-order valence-corrected chi connectivity index (χ1v) is 10.8. The molecule has 2 aliphatic rings. The second kappa shape index (κ2) is 9.80. The minimum absolute atomic E-state index is 0.173. The topological polar surface area (TPSA) is 0 Å². The van der Waals surface area contributed by atoms with Gasteiger partial charge in [-0.15, -0.1) is 6.58 Å². The molecule has 0 nitrogen and oxygen atoms in total. The van der Waals surface area contributed by atoms with Crippen LogP contribution in [0.25, 0.3) is 0 Å². The Bertz CT molecular complexity index is 585. The average Bonchev–Trinajstić information content (AvgIpc) is 2.70. The standard InChI is InChI=1S/C24H33F3/c1-2-3-4-5-6-17-7-9-18(10-8-17)19-11-13-20(14-12-19)21-15-22(25)24(27)23(26)16-21/h2,15-20H,1,3-14H2/t17-,18-,19-,20-. The summed E-state index contributed by atoms with van der Waals surface area (Å²) in [5, 5.41) is 0. The van der Waals surface area contributed by atoms with Crippen molar-refractivity contribution in [2.75, 3.05) is 0 Å². The summed E-state index contributed by atoms with van der Waals surface area (Å²) >= 11 is 0. The quantitative estimate of drug-likeness (QED) is 0.257. The highest BCUT2D eigenvalue weighted by molar-refractivity contribution is 5.23. The van der Waals surface area contributed by atoms with Gasteiger partial charge < -0.3 is 0 Å². The van der Waals surface area contributed by atoms with Crippen LogP contribution >= 0.6 is 0 Å². The van der Waals surface area contributed by atoms with E-state index in [1.54, 1.807) is 0 Å². The maximum Gasteiger partial charge on any atom is 0.194 e. The van der Waals surface area contributed by atoms with Crippen LogP contribution in [0, 0.1) is 35.2 Å². The summed E-state index contributed by atoms with van der Waals surface area (Å²) in [7, 11) is 0. The summed E-state index contributed by atoms with van der Waals surface area (Å²) in [5.74, 6) is -0.791. The van der Waals surface area contributed by atoms with Crippen LogP contribution in [0.1, 0.15) is 88.5 Å². The van der Waals surface area contributed by atoms with Gasteiger partial charge >= 0.3 is 0 Å². The molecule has 2 aliphatic carbocycles. The minimum Gasteiger partial charge on any atom is -0.204 e. The minimum atomic E-state index is -1.35. The molecule has 2 saturated carbocycles. The van der Waals surface area contributed by atoms with E-state index in [1.165, 1.54) is 57.1 Å². The zero-order valence-corrected chi connectivity index (χ0v) is 16.4. The lowest BCUT2D eigenvalue weighted by atomic mass is 9.68. The molecule has 0 bridgehead atoms. The van der Waals surface area contributed by atoms with Gasteiger partial charge in [-0.2, -0.15) is 0 Å². The second-order valence-corrected chi connectivity index (χ2v) is 8.76. The first-order valence-electron chi connectivity index (χ1n) is 10.8. The summed E-state index contributed by atoms with van der Waals surface area (Å²) < 4.78 is 40.2. The monoisotopic (exact) mass is 378 g/mol. The van der Waals surface area contributed by atoms with Crippen molar-refractivity contribution in [3.63, 3.8) is 0 Å². The lowest BCUT2D eigenvalue weighted by molar-refractivity contribution is 0.155. The largest absolute Gasteiger partial charge is 0.204 e. The van der Waals surface area contributed by atoms with E-state index in [0.29, 0.717) is 5.56 Å². The molecule has 0 spiro atoms. The molecule has 0 saturated heterocycles. The Morgan fingerprint density at radius 2 is 1.37 bits per heavy atom. The first kappa shape index (κ1) is 20.5. The van der Waals surface area contributed by atoms with E-state index in [4.69, 9.17) is 0 Å². The van der Waals surface area contributed by atoms with E-state index >= 15 is 0 Å². The Balaban J connectivity index is 1.43. The number of hydrogen-bond acceptors (Lipinski definition) is 0. The van der Waals surface area contributed by atoms with E-state index in [9.17, 15) is 13.2 Å². The van der Waals surface area contributed by atoms with Gasteiger partial charge in [-0.3, -0.25) is 0 Å². The molecule has 3 heteroatoms. The Labute approximate surface area is 162 Å². The van der Waals surface area contributed by atoms with Gasteiger partial charge in [-0.25, -0.2) is 13.2 Å². The molecule has 27 heavy (non-hydrogen) atoms. The Kier molecular flexibility index (Phi) is 7.43. The van der Waals surface area contributed by atoms with Gasteiger partial charge in [0.05, 0.1) is 0 Å². The molecule has 0 heterocycles. The zero-order chi connectivity index (χ0) is 19.2. The Morgan fingerprint density at radius 1 is 0.815 bits per heavy atom. The number of unbranched alkanes of at least 4 members (excludes halogenated alkanes) is 2. The summed E-state index contributed by atoms with van der Waals surface area (Å²) in [6, 6.07) is 2.39. The SMILES string of the molecule is C=CCCCC[C@H]1CC[C@H]([C@H]2CC[C@H](c3cc(F)c(F)c(F)c3)CC2)CC1. The molecule has 0 atom stereocenters. The van der Waals surface area contributed by atoms with Gasteiger partial charge in [0.2, 0.25) is 0 Å². The van der Waals surface area contributed by atoms with Crippen molar-refractivity contribution in [3.8, 4) is 0 Å². The van der Waals surface area contributed by atoms with E-state index in [0.717, 1.165) is 49.9 Å². The number of halogens is 3. The van der Waals surface area contributed by atoms with Gasteiger partial charge in [-0.05, 0) is 92.7 Å². The average molecular weight is 379 g/mol. The molecular formula is C24H33F3. The molecule has 0 amide bonds. The fourth-order valence-electron chi connectivity index (χ4n) is 5.40. The van der Waals surface area contributed by atoms with Crippen molar-refractivity contribution in [2.45, 2.75) is 83.0 Å². The van der Waals surface area contributed by atoms with Crippen LogP contribution in [0.3, 0.4) is 0 Å². The Morgan fingerprint density at radius 3 is 1.93 bits per heavy atom. The molecule has 0 N–H and O–H groups in total. The summed E-state index contributed by atoms with van der Waals surface area (Å²) in [6.07, 6.45) is 16.8. The van der Waals surface area contributed by atoms with Crippen molar-refractivity contribution < 1.29 is 13.2 Å². The molecule has 150 valence electrons. The third-order valence-electron chi connectivity index (χ3n) is 7.08. The number of hydrogen-bond donors (Lipinski definition) is 0. The Hall–Kier alpha value is -1.25. The van der Waals surface area contributed by atoms with Gasteiger partial charge in [0.15, 0.2) is 17.5 Å². The van der Waals surface area contributed by atoms with E-state index in [-0.39, 0.29) is 5.92 Å². The van der Waals surface area contributed by atoms with Crippen molar-refractivity contribution in [1.29, 1.82) is 0 Å². The molecule has 2 fully saturated rings. The molecule has 0 aliphatic heterocycles. The van der Waals surface area contributed by atoms with Crippen LogP contribution in [0.2, 0.25) is 0 Å². The van der Waals surface area contributed by atoms with Crippen LogP contribution in [0.5, 0.6) is 0 Å². The summed E-state index contributed by atoms with van der Waals surface area (Å²) in [4.78, 5) is 0.